The summed E-state index contributed by atoms with van der Waals surface area (Å²) in [7, 11) is 0. The third-order valence-electron chi connectivity index (χ3n) is 2.28. The van der Waals surface area contributed by atoms with Gasteiger partial charge < -0.3 is 0 Å². The Balaban J connectivity index is 0.00000144. The van der Waals surface area contributed by atoms with Crippen LogP contribution in [0.4, 0.5) is 0 Å². The van der Waals surface area contributed by atoms with Crippen LogP contribution in [0.1, 0.15) is 28.1 Å². The molecule has 2 aromatic carbocycles. The Kier molecular flexibility index (Phi) is 8.16. The summed E-state index contributed by atoms with van der Waals surface area (Å²) in [6, 6.07) is 17.2. The van der Waals surface area contributed by atoms with Gasteiger partial charge in [-0.1, -0.05) is 68.1 Å². The zero-order chi connectivity index (χ0) is 11.4. The Labute approximate surface area is 148 Å². The largest absolute Gasteiger partial charge is 0.285 e. The molecule has 0 atom stereocenters. The number of benzene rings is 2. The number of carbonyl (C=O) groups excluding carboxylic acids is 2. The monoisotopic (exact) mass is 379 g/mol. The van der Waals surface area contributed by atoms with Crippen molar-refractivity contribution < 1.29 is 59.0 Å². The fraction of sp³-hybridized carbons (Fsp3) is 0.0667. The van der Waals surface area contributed by atoms with Gasteiger partial charge in [0.1, 0.15) is 0 Å². The number of Topliss-reactive ketones (excluding diaryl/α,β-unsaturated/α-hetero) is 2. The number of carbonyl (C=O) groups is 2. The predicted octanol–water partition coefficient (Wildman–Crippen LogP) is 3.39. The Bertz CT molecular complexity index is 457. The molecule has 18 heavy (non-hydrogen) atoms. The van der Waals surface area contributed by atoms with Crippen LogP contribution in [0.15, 0.2) is 60.7 Å². The molecular formula is C15H14EuO2. The average Bonchev–Trinajstić information content (AvgIpc) is 2.39. The van der Waals surface area contributed by atoms with Gasteiger partial charge in [0.2, 0.25) is 11.6 Å². The van der Waals surface area contributed by atoms with Gasteiger partial charge in [-0.3, -0.25) is 9.59 Å². The normalized spacial score (nSPS) is 8.67. The van der Waals surface area contributed by atoms with Gasteiger partial charge in [-0.05, 0) is 0 Å². The van der Waals surface area contributed by atoms with Gasteiger partial charge in [-0.25, -0.2) is 0 Å². The van der Waals surface area contributed by atoms with E-state index in [0.717, 1.165) is 0 Å². The number of rotatable bonds is 3. The van der Waals surface area contributed by atoms with Crippen molar-refractivity contribution in [2.24, 2.45) is 0 Å². The van der Waals surface area contributed by atoms with Gasteiger partial charge in [0.25, 0.3) is 0 Å². The van der Waals surface area contributed by atoms with Crippen molar-refractivity contribution >= 4 is 11.6 Å². The molecule has 0 amide bonds. The van der Waals surface area contributed by atoms with Crippen LogP contribution in [-0.2, 0) is 0 Å². The molecule has 0 aliphatic carbocycles. The molecule has 0 unspecified atom stereocenters. The predicted molar refractivity (Wildman–Crippen MR) is 68.3 cm³/mol. The van der Waals surface area contributed by atoms with Crippen LogP contribution in [0.5, 0.6) is 0 Å². The van der Waals surface area contributed by atoms with E-state index in [1.54, 1.807) is 48.5 Å². The summed E-state index contributed by atoms with van der Waals surface area (Å²) in [6.45, 7) is 0. The quantitative estimate of drug-likeness (QED) is 0.606. The third kappa shape index (κ3) is 4.23. The van der Waals surface area contributed by atoms with Gasteiger partial charge in [0, 0.05) is 60.5 Å². The minimum Gasteiger partial charge on any atom is -0.285 e. The molecule has 0 saturated carbocycles. The van der Waals surface area contributed by atoms with Crippen LogP contribution < -0.4 is 0 Å². The van der Waals surface area contributed by atoms with Crippen LogP contribution >= 0.6 is 0 Å². The first kappa shape index (κ1) is 17.4. The summed E-state index contributed by atoms with van der Waals surface area (Å²) in [4.78, 5) is 23.6. The van der Waals surface area contributed by atoms with Crippen molar-refractivity contribution in [2.75, 3.05) is 0 Å². The van der Waals surface area contributed by atoms with Crippen molar-refractivity contribution in [3.63, 3.8) is 0 Å². The molecule has 1 radical (unpaired) electrons. The molecule has 0 bridgehead atoms. The van der Waals surface area contributed by atoms with Crippen LogP contribution in [0.25, 0.3) is 0 Å². The fourth-order valence-corrected chi connectivity index (χ4v) is 1.44. The van der Waals surface area contributed by atoms with Crippen LogP contribution in [0.3, 0.4) is 0 Å². The molecule has 0 spiro atoms. The van der Waals surface area contributed by atoms with Gasteiger partial charge in [0.15, 0.2) is 0 Å². The second kappa shape index (κ2) is 8.46. The van der Waals surface area contributed by atoms with E-state index in [4.69, 9.17) is 0 Å². The molecule has 2 rings (SSSR count). The number of hydrogen-bond donors (Lipinski definition) is 0. The van der Waals surface area contributed by atoms with E-state index in [1.165, 1.54) is 0 Å². The van der Waals surface area contributed by atoms with Gasteiger partial charge in [0.05, 0.1) is 0 Å². The topological polar surface area (TPSA) is 34.1 Å². The van der Waals surface area contributed by atoms with Crippen molar-refractivity contribution in [3.8, 4) is 0 Å². The Morgan fingerprint density at radius 1 is 0.611 bits per heavy atom. The summed E-state index contributed by atoms with van der Waals surface area (Å²) in [5, 5.41) is 0. The second-order valence-corrected chi connectivity index (χ2v) is 3.39. The number of ketones is 2. The second-order valence-electron chi connectivity index (χ2n) is 3.39. The Hall–Kier alpha value is -0.636. The molecular weight excluding hydrogens is 364 g/mol. The first-order valence-electron chi connectivity index (χ1n) is 4.98. The summed E-state index contributed by atoms with van der Waals surface area (Å²) in [5.74, 6) is -0.932. The van der Waals surface area contributed by atoms with E-state index in [9.17, 15) is 9.59 Å². The minimum absolute atomic E-state index is 0. The van der Waals surface area contributed by atoms with Gasteiger partial charge in [-0.2, -0.15) is 0 Å². The molecule has 0 aliphatic heterocycles. The fourth-order valence-electron chi connectivity index (χ4n) is 1.44. The summed E-state index contributed by atoms with van der Waals surface area (Å²) in [5.41, 5.74) is 0.854. The van der Waals surface area contributed by atoms with E-state index in [2.05, 4.69) is 0 Å². The maximum absolute atomic E-state index is 11.8. The molecule has 2 nitrogen and oxygen atoms in total. The third-order valence-corrected chi connectivity index (χ3v) is 2.28. The first-order chi connectivity index (χ1) is 7.79. The van der Waals surface area contributed by atoms with E-state index >= 15 is 0 Å². The summed E-state index contributed by atoms with van der Waals surface area (Å²) < 4.78 is 0. The Morgan fingerprint density at radius 2 is 0.889 bits per heavy atom. The maximum atomic E-state index is 11.8. The Morgan fingerprint density at radius 3 is 1.17 bits per heavy atom. The SMILES string of the molecule is C.O=C(C(=O)c1ccccc1)c1ccccc1.[Eu]. The van der Waals surface area contributed by atoms with Gasteiger partial charge in [-0.15, -0.1) is 0 Å². The number of hydrogen-bond acceptors (Lipinski definition) is 2. The van der Waals surface area contributed by atoms with E-state index in [-0.39, 0.29) is 56.8 Å². The van der Waals surface area contributed by atoms with E-state index in [0.29, 0.717) is 11.1 Å². The molecule has 0 N–H and O–H groups in total. The molecule has 0 heterocycles. The molecule has 0 aliphatic rings. The van der Waals surface area contributed by atoms with Crippen molar-refractivity contribution in [2.45, 2.75) is 7.43 Å². The zero-order valence-electron chi connectivity index (χ0n) is 8.97. The summed E-state index contributed by atoms with van der Waals surface area (Å²) in [6.07, 6.45) is 0. The van der Waals surface area contributed by atoms with Crippen LogP contribution in [0.2, 0.25) is 0 Å². The molecule has 3 heteroatoms. The minimum atomic E-state index is -0.466. The first-order valence-corrected chi connectivity index (χ1v) is 4.98. The van der Waals surface area contributed by atoms with Crippen LogP contribution in [-0.4, -0.2) is 11.6 Å². The maximum Gasteiger partial charge on any atom is 0.233 e. The van der Waals surface area contributed by atoms with Crippen LogP contribution in [0, 0.1) is 49.4 Å². The van der Waals surface area contributed by atoms with E-state index in [1.807, 2.05) is 12.1 Å². The molecule has 93 valence electrons. The van der Waals surface area contributed by atoms with Gasteiger partial charge >= 0.3 is 0 Å². The molecule has 2 aromatic rings. The van der Waals surface area contributed by atoms with E-state index < -0.39 is 11.6 Å². The van der Waals surface area contributed by atoms with Crippen molar-refractivity contribution in [3.05, 3.63) is 71.8 Å². The van der Waals surface area contributed by atoms with Crippen molar-refractivity contribution in [1.29, 1.82) is 0 Å². The smallest absolute Gasteiger partial charge is 0.233 e. The van der Waals surface area contributed by atoms with Crippen molar-refractivity contribution in [1.82, 2.24) is 0 Å². The average molecular weight is 378 g/mol. The zero-order valence-corrected chi connectivity index (χ0v) is 11.4. The molecule has 0 aromatic heterocycles. The molecule has 0 fully saturated rings. The molecule has 0 saturated heterocycles. The summed E-state index contributed by atoms with van der Waals surface area (Å²) >= 11 is 0. The standard InChI is InChI=1S/C14H10O2.CH4.Eu/c15-13(11-7-3-1-4-8-11)14(16)12-9-5-2-6-10-12;;/h1-10H;1H4;.